The maximum atomic E-state index is 5.66. The van der Waals surface area contributed by atoms with Gasteiger partial charge in [-0.25, -0.2) is 0 Å². The molecule has 0 aliphatic rings. The monoisotopic (exact) mass is 200 g/mol. The van der Waals surface area contributed by atoms with Crippen LogP contribution >= 0.6 is 11.6 Å². The van der Waals surface area contributed by atoms with Gasteiger partial charge in [-0.2, -0.15) is 0 Å². The molecule has 1 aromatic carbocycles. The van der Waals surface area contributed by atoms with Crippen LogP contribution in [0, 0.1) is 0 Å². The Bertz CT molecular complexity index is 222. The van der Waals surface area contributed by atoms with Gasteiger partial charge in [-0.1, -0.05) is 30.8 Å². The molecular formula is C9H13ClOSi. The van der Waals surface area contributed by atoms with Crippen molar-refractivity contribution in [2.24, 2.45) is 0 Å². The van der Waals surface area contributed by atoms with E-state index in [4.69, 9.17) is 16.0 Å². The summed E-state index contributed by atoms with van der Waals surface area (Å²) in [7, 11) is -0.271. The van der Waals surface area contributed by atoms with Crippen LogP contribution in [-0.4, -0.2) is 9.76 Å². The first kappa shape index (κ1) is 9.77. The molecule has 0 atom stereocenters. The summed E-state index contributed by atoms with van der Waals surface area (Å²) >= 11 is 5.66. The Hall–Kier alpha value is -0.313. The summed E-state index contributed by atoms with van der Waals surface area (Å²) in [5.74, 6) is 0.587. The molecule has 0 N–H and O–H groups in total. The number of hydrogen-bond donors (Lipinski definition) is 0. The lowest BCUT2D eigenvalue weighted by Gasteiger charge is -2.01. The van der Waals surface area contributed by atoms with Gasteiger partial charge in [0.05, 0.1) is 6.61 Å². The van der Waals surface area contributed by atoms with Crippen molar-refractivity contribution in [2.45, 2.75) is 19.0 Å². The average molecular weight is 201 g/mol. The van der Waals surface area contributed by atoms with Gasteiger partial charge in [0.25, 0.3) is 0 Å². The van der Waals surface area contributed by atoms with Crippen molar-refractivity contribution in [1.82, 2.24) is 0 Å². The van der Waals surface area contributed by atoms with E-state index in [0.29, 0.717) is 5.88 Å². The van der Waals surface area contributed by atoms with Crippen LogP contribution in [0.3, 0.4) is 0 Å². The number of alkyl halides is 1. The Morgan fingerprint density at radius 1 is 1.25 bits per heavy atom. The highest BCUT2D eigenvalue weighted by Crippen LogP contribution is 2.07. The number of benzene rings is 1. The second-order valence-electron chi connectivity index (χ2n) is 2.59. The SMILES string of the molecule is C[SiH2]OCc1ccc(CCl)cc1. The lowest BCUT2D eigenvalue weighted by atomic mass is 10.2. The summed E-state index contributed by atoms with van der Waals surface area (Å²) in [6.07, 6.45) is 0. The molecule has 0 aliphatic carbocycles. The molecule has 1 rings (SSSR count). The van der Waals surface area contributed by atoms with Crippen LogP contribution in [0.5, 0.6) is 0 Å². The third kappa shape index (κ3) is 2.97. The largest absolute Gasteiger partial charge is 0.420 e. The molecule has 1 aromatic rings. The standard InChI is InChI=1S/C9H13ClOSi/c1-12-11-7-9-4-2-8(6-10)3-5-9/h2-5H,6-7,12H2,1H3. The molecule has 1 nitrogen and oxygen atoms in total. The van der Waals surface area contributed by atoms with Gasteiger partial charge in [0.1, 0.15) is 0 Å². The number of halogens is 1. The lowest BCUT2D eigenvalue weighted by Crippen LogP contribution is -1.94. The van der Waals surface area contributed by atoms with Crippen molar-refractivity contribution in [1.29, 1.82) is 0 Å². The third-order valence-electron chi connectivity index (χ3n) is 1.65. The van der Waals surface area contributed by atoms with Gasteiger partial charge < -0.3 is 4.43 Å². The van der Waals surface area contributed by atoms with E-state index in [-0.39, 0.29) is 9.76 Å². The zero-order valence-electron chi connectivity index (χ0n) is 7.22. The fraction of sp³-hybridized carbons (Fsp3) is 0.333. The predicted molar refractivity (Wildman–Crippen MR) is 55.2 cm³/mol. The number of rotatable bonds is 4. The van der Waals surface area contributed by atoms with Crippen LogP contribution in [-0.2, 0) is 16.9 Å². The van der Waals surface area contributed by atoms with Crippen LogP contribution in [0.1, 0.15) is 11.1 Å². The van der Waals surface area contributed by atoms with E-state index in [2.05, 4.69) is 18.7 Å². The van der Waals surface area contributed by atoms with Gasteiger partial charge in [-0.3, -0.25) is 0 Å². The summed E-state index contributed by atoms with van der Waals surface area (Å²) in [6.45, 7) is 2.89. The van der Waals surface area contributed by atoms with Crippen LogP contribution in [0.4, 0.5) is 0 Å². The van der Waals surface area contributed by atoms with E-state index in [1.54, 1.807) is 0 Å². The molecule has 12 heavy (non-hydrogen) atoms. The Morgan fingerprint density at radius 3 is 2.33 bits per heavy atom. The van der Waals surface area contributed by atoms with Crippen molar-refractivity contribution in [3.63, 3.8) is 0 Å². The molecule has 0 unspecified atom stereocenters. The summed E-state index contributed by atoms with van der Waals surface area (Å²) in [5, 5.41) is 0. The highest BCUT2D eigenvalue weighted by Gasteiger charge is 1.92. The van der Waals surface area contributed by atoms with Crippen molar-refractivity contribution in [3.8, 4) is 0 Å². The van der Waals surface area contributed by atoms with Gasteiger partial charge in [-0.15, -0.1) is 11.6 Å². The Balaban J connectivity index is 2.53. The molecule has 0 saturated heterocycles. The molecule has 0 heterocycles. The summed E-state index contributed by atoms with van der Waals surface area (Å²) in [4.78, 5) is 0. The van der Waals surface area contributed by atoms with E-state index in [1.807, 2.05) is 12.1 Å². The zero-order valence-corrected chi connectivity index (χ0v) is 9.39. The number of hydrogen-bond acceptors (Lipinski definition) is 1. The highest BCUT2D eigenvalue weighted by molar-refractivity contribution is 6.24. The smallest absolute Gasteiger partial charge is 0.159 e. The minimum atomic E-state index is -0.271. The Morgan fingerprint density at radius 2 is 1.83 bits per heavy atom. The Labute approximate surface area is 80.6 Å². The maximum absolute atomic E-state index is 5.66. The van der Waals surface area contributed by atoms with Crippen molar-refractivity contribution >= 4 is 21.4 Å². The topological polar surface area (TPSA) is 9.23 Å². The molecule has 0 fully saturated rings. The van der Waals surface area contributed by atoms with Crippen molar-refractivity contribution in [2.75, 3.05) is 0 Å². The molecule has 0 saturated carbocycles. The molecule has 0 aromatic heterocycles. The summed E-state index contributed by atoms with van der Waals surface area (Å²) in [5.41, 5.74) is 2.40. The molecule has 0 radical (unpaired) electrons. The lowest BCUT2D eigenvalue weighted by molar-refractivity contribution is 0.327. The van der Waals surface area contributed by atoms with E-state index >= 15 is 0 Å². The average Bonchev–Trinajstić information content (AvgIpc) is 2.15. The first-order chi connectivity index (χ1) is 5.86. The summed E-state index contributed by atoms with van der Waals surface area (Å²) in [6, 6.07) is 8.23. The van der Waals surface area contributed by atoms with Crippen molar-refractivity contribution < 1.29 is 4.43 Å². The van der Waals surface area contributed by atoms with Gasteiger partial charge >= 0.3 is 0 Å². The molecular weight excluding hydrogens is 188 g/mol. The van der Waals surface area contributed by atoms with E-state index in [1.165, 1.54) is 5.56 Å². The molecule has 0 bridgehead atoms. The second kappa shape index (κ2) is 5.35. The van der Waals surface area contributed by atoms with E-state index in [9.17, 15) is 0 Å². The molecule has 0 aliphatic heterocycles. The maximum Gasteiger partial charge on any atom is 0.159 e. The van der Waals surface area contributed by atoms with Gasteiger partial charge in [0.2, 0.25) is 0 Å². The van der Waals surface area contributed by atoms with Crippen LogP contribution in [0.15, 0.2) is 24.3 Å². The minimum Gasteiger partial charge on any atom is -0.420 e. The van der Waals surface area contributed by atoms with Gasteiger partial charge in [-0.05, 0) is 11.1 Å². The second-order valence-corrected chi connectivity index (χ2v) is 3.84. The Kier molecular flexibility index (Phi) is 4.36. The third-order valence-corrected chi connectivity index (χ3v) is 2.57. The molecule has 0 spiro atoms. The van der Waals surface area contributed by atoms with E-state index < -0.39 is 0 Å². The molecule has 3 heteroatoms. The highest BCUT2D eigenvalue weighted by atomic mass is 35.5. The zero-order chi connectivity index (χ0) is 8.81. The first-order valence-electron chi connectivity index (χ1n) is 4.08. The fourth-order valence-electron chi connectivity index (χ4n) is 0.944. The molecule has 0 amide bonds. The quantitative estimate of drug-likeness (QED) is 0.534. The normalized spacial score (nSPS) is 11.2. The molecule has 66 valence electrons. The van der Waals surface area contributed by atoms with Crippen molar-refractivity contribution in [3.05, 3.63) is 35.4 Å². The van der Waals surface area contributed by atoms with Crippen LogP contribution in [0.2, 0.25) is 6.55 Å². The van der Waals surface area contributed by atoms with Gasteiger partial charge in [0.15, 0.2) is 9.76 Å². The van der Waals surface area contributed by atoms with Gasteiger partial charge in [0, 0.05) is 5.88 Å². The summed E-state index contributed by atoms with van der Waals surface area (Å²) < 4.78 is 5.40. The van der Waals surface area contributed by atoms with Crippen LogP contribution < -0.4 is 0 Å². The minimum absolute atomic E-state index is 0.271. The van der Waals surface area contributed by atoms with Crippen LogP contribution in [0.25, 0.3) is 0 Å². The van der Waals surface area contributed by atoms with E-state index in [0.717, 1.165) is 12.2 Å². The fourth-order valence-corrected chi connectivity index (χ4v) is 1.56. The predicted octanol–water partition coefficient (Wildman–Crippen LogP) is 2.07. The first-order valence-corrected chi connectivity index (χ1v) is 6.61.